The standard InChI is InChI=1S/C16H18N2O/c19-15-10-14-12-5-2-1-4-11(12)7-9-18(14)16-13(15)6-3-8-17-16/h1-2,4-5,14,17H,3,6-10H2. The minimum Gasteiger partial charge on any atom is -0.371 e. The van der Waals surface area contributed by atoms with Crippen LogP contribution in [0.4, 0.5) is 0 Å². The van der Waals surface area contributed by atoms with E-state index in [1.165, 1.54) is 11.1 Å². The van der Waals surface area contributed by atoms with Gasteiger partial charge in [0.1, 0.15) is 5.82 Å². The molecular formula is C16H18N2O. The summed E-state index contributed by atoms with van der Waals surface area (Å²) in [7, 11) is 0. The number of rotatable bonds is 0. The van der Waals surface area contributed by atoms with Crippen molar-refractivity contribution in [2.75, 3.05) is 13.1 Å². The van der Waals surface area contributed by atoms with Gasteiger partial charge in [0.05, 0.1) is 6.04 Å². The molecule has 0 spiro atoms. The summed E-state index contributed by atoms with van der Waals surface area (Å²) in [5, 5.41) is 3.47. The first-order valence-corrected chi connectivity index (χ1v) is 7.19. The monoisotopic (exact) mass is 254 g/mol. The third-order valence-corrected chi connectivity index (χ3v) is 4.60. The van der Waals surface area contributed by atoms with Crippen molar-refractivity contribution in [3.8, 4) is 0 Å². The normalized spacial score (nSPS) is 25.4. The average molecular weight is 254 g/mol. The summed E-state index contributed by atoms with van der Waals surface area (Å²) < 4.78 is 0. The molecule has 4 rings (SSSR count). The van der Waals surface area contributed by atoms with E-state index in [0.29, 0.717) is 12.2 Å². The van der Waals surface area contributed by atoms with Crippen LogP contribution in [0.15, 0.2) is 35.7 Å². The van der Waals surface area contributed by atoms with Gasteiger partial charge in [0.15, 0.2) is 5.78 Å². The molecule has 3 heterocycles. The molecule has 3 aliphatic rings. The number of benzene rings is 1. The lowest BCUT2D eigenvalue weighted by molar-refractivity contribution is -0.118. The van der Waals surface area contributed by atoms with Crippen LogP contribution < -0.4 is 5.32 Å². The van der Waals surface area contributed by atoms with Crippen LogP contribution in [0.2, 0.25) is 0 Å². The molecule has 3 aliphatic heterocycles. The average Bonchev–Trinajstić information content (AvgIpc) is 2.47. The molecule has 3 heteroatoms. The molecule has 0 fully saturated rings. The van der Waals surface area contributed by atoms with Gasteiger partial charge in [-0.3, -0.25) is 4.79 Å². The largest absolute Gasteiger partial charge is 0.371 e. The highest BCUT2D eigenvalue weighted by Gasteiger charge is 2.38. The fourth-order valence-corrected chi connectivity index (χ4v) is 3.68. The second-order valence-corrected chi connectivity index (χ2v) is 5.64. The number of fused-ring (bicyclic) bond motifs is 4. The van der Waals surface area contributed by atoms with Crippen LogP contribution in [-0.2, 0) is 11.2 Å². The molecule has 19 heavy (non-hydrogen) atoms. The predicted molar refractivity (Wildman–Crippen MR) is 73.5 cm³/mol. The predicted octanol–water partition coefficient (Wildman–Crippen LogP) is 2.15. The van der Waals surface area contributed by atoms with Crippen molar-refractivity contribution < 1.29 is 4.79 Å². The lowest BCUT2D eigenvalue weighted by atomic mass is 9.84. The molecule has 0 saturated carbocycles. The van der Waals surface area contributed by atoms with E-state index in [9.17, 15) is 4.79 Å². The number of Topliss-reactive ketones (excluding diaryl/α,β-unsaturated/α-hetero) is 1. The topological polar surface area (TPSA) is 32.3 Å². The summed E-state index contributed by atoms with van der Waals surface area (Å²) >= 11 is 0. The van der Waals surface area contributed by atoms with Gasteiger partial charge in [0, 0.05) is 25.1 Å². The first-order valence-electron chi connectivity index (χ1n) is 7.19. The van der Waals surface area contributed by atoms with Gasteiger partial charge in [-0.15, -0.1) is 0 Å². The molecule has 0 bridgehead atoms. The van der Waals surface area contributed by atoms with Crippen molar-refractivity contribution in [1.29, 1.82) is 0 Å². The SMILES string of the molecule is O=C1CC2c3ccccc3CCN2C2=C1CCCN2. The Morgan fingerprint density at radius 3 is 3.05 bits per heavy atom. The molecule has 3 nitrogen and oxygen atoms in total. The molecule has 0 aromatic heterocycles. The van der Waals surface area contributed by atoms with Crippen LogP contribution in [0.25, 0.3) is 0 Å². The first-order chi connectivity index (χ1) is 9.34. The van der Waals surface area contributed by atoms with Gasteiger partial charge < -0.3 is 10.2 Å². The number of nitrogens with zero attached hydrogens (tertiary/aromatic N) is 1. The van der Waals surface area contributed by atoms with E-state index >= 15 is 0 Å². The highest BCUT2D eigenvalue weighted by atomic mass is 16.1. The summed E-state index contributed by atoms with van der Waals surface area (Å²) in [4.78, 5) is 14.8. The van der Waals surface area contributed by atoms with Gasteiger partial charge in [0.2, 0.25) is 0 Å². The van der Waals surface area contributed by atoms with Gasteiger partial charge in [-0.25, -0.2) is 0 Å². The highest BCUT2D eigenvalue weighted by Crippen LogP contribution is 2.40. The van der Waals surface area contributed by atoms with Crippen LogP contribution in [-0.4, -0.2) is 23.8 Å². The second kappa shape index (κ2) is 4.12. The van der Waals surface area contributed by atoms with E-state index in [1.54, 1.807) is 0 Å². The summed E-state index contributed by atoms with van der Waals surface area (Å²) in [5.41, 5.74) is 3.80. The highest BCUT2D eigenvalue weighted by molar-refractivity contribution is 5.97. The number of allylic oxidation sites excluding steroid dienone is 1. The fraction of sp³-hybridized carbons (Fsp3) is 0.438. The molecule has 0 amide bonds. The third-order valence-electron chi connectivity index (χ3n) is 4.60. The summed E-state index contributed by atoms with van der Waals surface area (Å²) in [6.45, 7) is 2.03. The minimum atomic E-state index is 0.252. The Kier molecular flexibility index (Phi) is 2.40. The summed E-state index contributed by atoms with van der Waals surface area (Å²) in [6, 6.07) is 8.83. The maximum atomic E-state index is 12.4. The van der Waals surface area contributed by atoms with E-state index in [2.05, 4.69) is 34.5 Å². The zero-order valence-electron chi connectivity index (χ0n) is 11.0. The molecular weight excluding hydrogens is 236 g/mol. The molecule has 1 atom stereocenters. The van der Waals surface area contributed by atoms with Gasteiger partial charge in [-0.1, -0.05) is 24.3 Å². The molecule has 1 N–H and O–H groups in total. The van der Waals surface area contributed by atoms with Crippen LogP contribution in [0.1, 0.15) is 36.4 Å². The quantitative estimate of drug-likeness (QED) is 0.770. The zero-order chi connectivity index (χ0) is 12.8. The van der Waals surface area contributed by atoms with Gasteiger partial charge in [-0.05, 0) is 30.4 Å². The van der Waals surface area contributed by atoms with Crippen LogP contribution in [0.5, 0.6) is 0 Å². The van der Waals surface area contributed by atoms with E-state index in [-0.39, 0.29) is 6.04 Å². The van der Waals surface area contributed by atoms with Crippen LogP contribution in [0.3, 0.4) is 0 Å². The molecule has 1 aromatic carbocycles. The number of ketones is 1. The Bertz CT molecular complexity index is 576. The smallest absolute Gasteiger partial charge is 0.164 e. The number of hydrogen-bond donors (Lipinski definition) is 1. The number of carbonyl (C=O) groups is 1. The minimum absolute atomic E-state index is 0.252. The Morgan fingerprint density at radius 2 is 2.11 bits per heavy atom. The van der Waals surface area contributed by atoms with Gasteiger partial charge in [-0.2, -0.15) is 0 Å². The summed E-state index contributed by atoms with van der Waals surface area (Å²) in [5.74, 6) is 1.47. The zero-order valence-corrected chi connectivity index (χ0v) is 11.0. The van der Waals surface area contributed by atoms with E-state index in [4.69, 9.17) is 0 Å². The fourth-order valence-electron chi connectivity index (χ4n) is 3.68. The molecule has 1 aromatic rings. The van der Waals surface area contributed by atoms with Crippen molar-refractivity contribution in [3.63, 3.8) is 0 Å². The number of nitrogens with one attached hydrogen (secondary N) is 1. The lowest BCUT2D eigenvalue weighted by Crippen LogP contribution is -2.46. The number of hydrogen-bond acceptors (Lipinski definition) is 3. The van der Waals surface area contributed by atoms with E-state index in [0.717, 1.165) is 43.7 Å². The Morgan fingerprint density at radius 1 is 1.21 bits per heavy atom. The van der Waals surface area contributed by atoms with Crippen molar-refractivity contribution in [2.24, 2.45) is 0 Å². The second-order valence-electron chi connectivity index (χ2n) is 5.64. The van der Waals surface area contributed by atoms with Gasteiger partial charge >= 0.3 is 0 Å². The maximum Gasteiger partial charge on any atom is 0.164 e. The molecule has 0 radical (unpaired) electrons. The lowest BCUT2D eigenvalue weighted by Gasteiger charge is -2.45. The van der Waals surface area contributed by atoms with Crippen LogP contribution >= 0.6 is 0 Å². The molecule has 0 aliphatic carbocycles. The third kappa shape index (κ3) is 1.61. The van der Waals surface area contributed by atoms with Crippen LogP contribution in [0, 0.1) is 0 Å². The first kappa shape index (κ1) is 11.1. The van der Waals surface area contributed by atoms with Crippen molar-refractivity contribution in [3.05, 3.63) is 46.8 Å². The maximum absolute atomic E-state index is 12.4. The van der Waals surface area contributed by atoms with E-state index in [1.807, 2.05) is 0 Å². The van der Waals surface area contributed by atoms with Crippen molar-refractivity contribution in [1.82, 2.24) is 10.2 Å². The Hall–Kier alpha value is -1.77. The molecule has 98 valence electrons. The Labute approximate surface area is 113 Å². The summed E-state index contributed by atoms with van der Waals surface area (Å²) in [6.07, 6.45) is 3.77. The van der Waals surface area contributed by atoms with Crippen molar-refractivity contribution >= 4 is 5.78 Å². The van der Waals surface area contributed by atoms with E-state index < -0.39 is 0 Å². The van der Waals surface area contributed by atoms with Gasteiger partial charge in [0.25, 0.3) is 0 Å². The molecule has 0 saturated heterocycles. The Balaban J connectivity index is 1.81. The number of carbonyl (C=O) groups excluding carboxylic acids is 1. The van der Waals surface area contributed by atoms with Crippen molar-refractivity contribution in [2.45, 2.75) is 31.7 Å². The molecule has 1 unspecified atom stereocenters.